The van der Waals surface area contributed by atoms with Crippen molar-refractivity contribution in [2.45, 2.75) is 26.0 Å². The molecular weight excluding hydrogens is 440 g/mol. The summed E-state index contributed by atoms with van der Waals surface area (Å²) in [6.45, 7) is 2.61. The van der Waals surface area contributed by atoms with Crippen LogP contribution >= 0.6 is 0 Å². The molecule has 1 atom stereocenters. The van der Waals surface area contributed by atoms with Crippen LogP contribution < -0.4 is 5.56 Å². The quantitative estimate of drug-likeness (QED) is 0.358. The number of nitrogens with zero attached hydrogens (tertiary/aromatic N) is 2. The molecule has 4 aromatic rings. The lowest BCUT2D eigenvalue weighted by Crippen LogP contribution is -2.31. The van der Waals surface area contributed by atoms with Gasteiger partial charge in [-0.2, -0.15) is 0 Å². The molecule has 1 unspecified atom stereocenters. The zero-order valence-electron chi connectivity index (χ0n) is 20.1. The number of esters is 1. The van der Waals surface area contributed by atoms with Crippen LogP contribution in [0.3, 0.4) is 0 Å². The lowest BCUT2D eigenvalue weighted by molar-refractivity contribution is 0.0287. The van der Waals surface area contributed by atoms with E-state index in [1.807, 2.05) is 85.6 Å². The van der Waals surface area contributed by atoms with Crippen molar-refractivity contribution in [2.75, 3.05) is 20.2 Å². The average molecular weight is 471 g/mol. The molecule has 0 amide bonds. The van der Waals surface area contributed by atoms with Gasteiger partial charge < -0.3 is 9.84 Å². The fourth-order valence-electron chi connectivity index (χ4n) is 4.37. The Morgan fingerprint density at radius 2 is 1.54 bits per heavy atom. The molecule has 1 N–H and O–H groups in total. The molecule has 4 rings (SSSR count). The Morgan fingerprint density at radius 1 is 0.943 bits per heavy atom. The van der Waals surface area contributed by atoms with Crippen molar-refractivity contribution < 1.29 is 14.6 Å². The third-order valence-corrected chi connectivity index (χ3v) is 6.10. The van der Waals surface area contributed by atoms with Crippen molar-refractivity contribution in [3.8, 4) is 5.69 Å². The number of likely N-dealkylation sites (N-methyl/N-ethyl adjacent to an activating group) is 1. The first-order valence-corrected chi connectivity index (χ1v) is 11.8. The highest BCUT2D eigenvalue weighted by Crippen LogP contribution is 2.28. The van der Waals surface area contributed by atoms with Gasteiger partial charge in [-0.1, -0.05) is 73.7 Å². The fraction of sp³-hybridized carbons (Fsp3) is 0.241. The number of hydrogen-bond donors (Lipinski definition) is 1. The van der Waals surface area contributed by atoms with Gasteiger partial charge in [0, 0.05) is 29.5 Å². The van der Waals surface area contributed by atoms with E-state index in [0.29, 0.717) is 40.7 Å². The first-order chi connectivity index (χ1) is 17.0. The number of rotatable bonds is 9. The third kappa shape index (κ3) is 5.19. The molecular formula is C29H30N2O4. The van der Waals surface area contributed by atoms with Crippen LogP contribution in [0.2, 0.25) is 0 Å². The average Bonchev–Trinajstić information content (AvgIpc) is 2.88. The summed E-state index contributed by atoms with van der Waals surface area (Å²) in [5.41, 5.74) is 2.28. The molecule has 0 aliphatic rings. The normalized spacial score (nSPS) is 12.1. The Labute approximate surface area is 205 Å². The van der Waals surface area contributed by atoms with E-state index in [1.165, 1.54) is 0 Å². The molecule has 1 aromatic heterocycles. The molecule has 1 heterocycles. The number of pyridine rings is 1. The molecule has 180 valence electrons. The predicted molar refractivity (Wildman–Crippen MR) is 138 cm³/mol. The van der Waals surface area contributed by atoms with E-state index in [4.69, 9.17) is 4.74 Å². The third-order valence-electron chi connectivity index (χ3n) is 6.10. The van der Waals surface area contributed by atoms with Crippen molar-refractivity contribution in [3.05, 3.63) is 112 Å². The number of hydrogen-bond acceptors (Lipinski definition) is 5. The van der Waals surface area contributed by atoms with E-state index in [2.05, 4.69) is 0 Å². The van der Waals surface area contributed by atoms with Crippen LogP contribution in [0.25, 0.3) is 16.5 Å². The highest BCUT2D eigenvalue weighted by Gasteiger charge is 2.26. The summed E-state index contributed by atoms with van der Waals surface area (Å²) in [7, 11) is 1.85. The minimum absolute atomic E-state index is 0.0364. The fourth-order valence-corrected chi connectivity index (χ4v) is 4.37. The van der Waals surface area contributed by atoms with Gasteiger partial charge in [0.05, 0.1) is 17.9 Å². The molecule has 0 radical (unpaired) electrons. The maximum absolute atomic E-state index is 13.9. The summed E-state index contributed by atoms with van der Waals surface area (Å²) < 4.78 is 7.66. The second-order valence-corrected chi connectivity index (χ2v) is 8.52. The Kier molecular flexibility index (Phi) is 7.75. The monoisotopic (exact) mass is 470 g/mol. The first-order valence-electron chi connectivity index (χ1n) is 11.8. The van der Waals surface area contributed by atoms with Crippen molar-refractivity contribution in [1.29, 1.82) is 0 Å². The molecule has 6 heteroatoms. The van der Waals surface area contributed by atoms with Crippen LogP contribution in [0.4, 0.5) is 0 Å². The number of carbonyl (C=O) groups is 1. The van der Waals surface area contributed by atoms with Crippen molar-refractivity contribution in [3.63, 3.8) is 0 Å². The van der Waals surface area contributed by atoms with E-state index in [1.54, 1.807) is 22.8 Å². The van der Waals surface area contributed by atoms with Crippen LogP contribution in [0, 0.1) is 0 Å². The number of benzene rings is 3. The second kappa shape index (κ2) is 11.1. The second-order valence-electron chi connectivity index (χ2n) is 8.52. The SMILES string of the molecule is CCC(OC(=O)c1c(CN(C)CCO)n(-c2ccccc2)c(=O)c2ccccc12)c1ccccc1. The number of fused-ring (bicyclic) bond motifs is 1. The molecule has 0 aliphatic heterocycles. The van der Waals surface area contributed by atoms with Crippen molar-refractivity contribution >= 4 is 16.7 Å². The summed E-state index contributed by atoms with van der Waals surface area (Å²) >= 11 is 0. The maximum atomic E-state index is 13.9. The maximum Gasteiger partial charge on any atom is 0.341 e. The zero-order chi connectivity index (χ0) is 24.8. The number of para-hydroxylation sites is 1. The van der Waals surface area contributed by atoms with Gasteiger partial charge >= 0.3 is 5.97 Å². The minimum atomic E-state index is -0.478. The largest absolute Gasteiger partial charge is 0.454 e. The predicted octanol–water partition coefficient (Wildman–Crippen LogP) is 4.72. The van der Waals surface area contributed by atoms with Crippen LogP contribution in [0.5, 0.6) is 0 Å². The number of carbonyl (C=O) groups excluding carboxylic acids is 1. The number of ether oxygens (including phenoxy) is 1. The highest BCUT2D eigenvalue weighted by atomic mass is 16.5. The molecule has 6 nitrogen and oxygen atoms in total. The van der Waals surface area contributed by atoms with Gasteiger partial charge in [0.25, 0.3) is 5.56 Å². The molecule has 0 saturated heterocycles. The Morgan fingerprint density at radius 3 is 2.17 bits per heavy atom. The highest BCUT2D eigenvalue weighted by molar-refractivity contribution is 6.05. The molecule has 0 fully saturated rings. The summed E-state index contributed by atoms with van der Waals surface area (Å²) in [6.07, 6.45) is 0.203. The molecule has 0 bridgehead atoms. The molecule has 0 saturated carbocycles. The Bertz CT molecular complexity index is 1350. The van der Waals surface area contributed by atoms with Gasteiger partial charge in [0.2, 0.25) is 0 Å². The van der Waals surface area contributed by atoms with Gasteiger partial charge in [-0.05, 0) is 37.2 Å². The Balaban J connectivity index is 1.94. The smallest absolute Gasteiger partial charge is 0.341 e. The molecule has 0 aliphatic carbocycles. The van der Waals surface area contributed by atoms with Crippen LogP contribution in [-0.2, 0) is 11.3 Å². The number of aliphatic hydroxyl groups excluding tert-OH is 1. The van der Waals surface area contributed by atoms with Crippen molar-refractivity contribution in [2.24, 2.45) is 0 Å². The Hall–Kier alpha value is -3.74. The van der Waals surface area contributed by atoms with E-state index in [9.17, 15) is 14.7 Å². The van der Waals surface area contributed by atoms with Gasteiger partial charge in [-0.25, -0.2) is 4.79 Å². The minimum Gasteiger partial charge on any atom is -0.454 e. The summed E-state index contributed by atoms with van der Waals surface area (Å²) in [4.78, 5) is 29.4. The number of aromatic nitrogens is 1. The topological polar surface area (TPSA) is 71.8 Å². The molecule has 3 aromatic carbocycles. The standard InChI is InChI=1S/C29H30N2O4/c1-3-26(21-12-6-4-7-13-21)35-29(34)27-23-16-10-11-17-24(23)28(33)31(22-14-8-5-9-15-22)25(27)20-30(2)18-19-32/h4-17,26,32H,3,18-20H2,1-2H3. The summed E-state index contributed by atoms with van der Waals surface area (Å²) in [5.74, 6) is -0.478. The van der Waals surface area contributed by atoms with Crippen LogP contribution in [0.1, 0.15) is 41.1 Å². The van der Waals surface area contributed by atoms with E-state index in [0.717, 1.165) is 5.56 Å². The van der Waals surface area contributed by atoms with E-state index >= 15 is 0 Å². The van der Waals surface area contributed by atoms with E-state index < -0.39 is 12.1 Å². The van der Waals surface area contributed by atoms with Crippen molar-refractivity contribution in [1.82, 2.24) is 9.47 Å². The lowest BCUT2D eigenvalue weighted by atomic mass is 10.0. The van der Waals surface area contributed by atoms with E-state index in [-0.39, 0.29) is 18.7 Å². The van der Waals surface area contributed by atoms with Gasteiger partial charge in [0.15, 0.2) is 0 Å². The number of aliphatic hydroxyl groups is 1. The molecule has 0 spiro atoms. The summed E-state index contributed by atoms with van der Waals surface area (Å²) in [5, 5.41) is 10.5. The first kappa shape index (κ1) is 24.4. The van der Waals surface area contributed by atoms with Gasteiger partial charge in [0.1, 0.15) is 6.10 Å². The van der Waals surface area contributed by atoms with Crippen LogP contribution in [-0.4, -0.2) is 40.7 Å². The lowest BCUT2D eigenvalue weighted by Gasteiger charge is -2.24. The van der Waals surface area contributed by atoms with Gasteiger partial charge in [-0.3, -0.25) is 14.3 Å². The summed E-state index contributed by atoms with van der Waals surface area (Å²) in [6, 6.07) is 26.1. The van der Waals surface area contributed by atoms with Crippen LogP contribution in [0.15, 0.2) is 89.7 Å². The molecule has 35 heavy (non-hydrogen) atoms. The van der Waals surface area contributed by atoms with Gasteiger partial charge in [-0.15, -0.1) is 0 Å². The zero-order valence-corrected chi connectivity index (χ0v) is 20.1.